The van der Waals surface area contributed by atoms with Crippen LogP contribution in [0.4, 0.5) is 14.5 Å². The maximum absolute atomic E-state index is 13.2. The molecule has 1 aromatic rings. The fraction of sp³-hybridized carbons (Fsp3) is 0.417. The van der Waals surface area contributed by atoms with Gasteiger partial charge in [0.05, 0.1) is 18.2 Å². The molecule has 1 heterocycles. The number of benzene rings is 1. The molecular weight excluding hydrogens is 210 g/mol. The molecule has 1 aromatic carbocycles. The molecule has 0 aromatic heterocycles. The second-order valence-electron chi connectivity index (χ2n) is 4.04. The third-order valence-corrected chi connectivity index (χ3v) is 2.73. The van der Waals surface area contributed by atoms with Crippen molar-refractivity contribution in [3.8, 4) is 6.07 Å². The summed E-state index contributed by atoms with van der Waals surface area (Å²) in [5, 5.41) is 8.75. The number of halogens is 2. The molecule has 2 rings (SSSR count). The molecule has 0 unspecified atom stereocenters. The molecule has 0 aliphatic carbocycles. The SMILES string of the molecule is N#Cc1cccc(N2CCCC(F)(F)C2)c1. The van der Waals surface area contributed by atoms with Gasteiger partial charge in [0.1, 0.15) is 0 Å². The van der Waals surface area contributed by atoms with Gasteiger partial charge in [0.2, 0.25) is 0 Å². The van der Waals surface area contributed by atoms with Crippen LogP contribution in [0.15, 0.2) is 24.3 Å². The van der Waals surface area contributed by atoms with Crippen molar-refractivity contribution >= 4 is 5.69 Å². The Hall–Kier alpha value is -1.63. The summed E-state index contributed by atoms with van der Waals surface area (Å²) < 4.78 is 26.4. The zero-order chi connectivity index (χ0) is 11.6. The van der Waals surface area contributed by atoms with Crippen LogP contribution in [0, 0.1) is 11.3 Å². The lowest BCUT2D eigenvalue weighted by molar-refractivity contribution is -0.0116. The van der Waals surface area contributed by atoms with Crippen molar-refractivity contribution in [1.29, 1.82) is 5.26 Å². The van der Waals surface area contributed by atoms with Crippen molar-refractivity contribution in [2.45, 2.75) is 18.8 Å². The van der Waals surface area contributed by atoms with Crippen LogP contribution in [-0.4, -0.2) is 19.0 Å². The van der Waals surface area contributed by atoms with E-state index in [1.807, 2.05) is 6.07 Å². The molecule has 84 valence electrons. The van der Waals surface area contributed by atoms with E-state index in [9.17, 15) is 8.78 Å². The fourth-order valence-corrected chi connectivity index (χ4v) is 1.96. The normalized spacial score (nSPS) is 19.2. The lowest BCUT2D eigenvalue weighted by atomic mass is 10.1. The minimum Gasteiger partial charge on any atom is -0.365 e. The van der Waals surface area contributed by atoms with Crippen molar-refractivity contribution in [1.82, 2.24) is 0 Å². The van der Waals surface area contributed by atoms with Gasteiger partial charge < -0.3 is 4.90 Å². The Morgan fingerprint density at radius 3 is 2.88 bits per heavy atom. The van der Waals surface area contributed by atoms with Gasteiger partial charge in [0.25, 0.3) is 5.92 Å². The number of hydrogen-bond donors (Lipinski definition) is 0. The number of nitrogens with zero attached hydrogens (tertiary/aromatic N) is 2. The Labute approximate surface area is 93.1 Å². The second kappa shape index (κ2) is 4.09. The molecule has 0 atom stereocenters. The summed E-state index contributed by atoms with van der Waals surface area (Å²) in [5.74, 6) is -2.61. The van der Waals surface area contributed by atoms with Gasteiger partial charge in [-0.3, -0.25) is 0 Å². The molecule has 0 N–H and O–H groups in total. The number of rotatable bonds is 1. The lowest BCUT2D eigenvalue weighted by Crippen LogP contribution is -2.42. The van der Waals surface area contributed by atoms with E-state index in [4.69, 9.17) is 5.26 Å². The summed E-state index contributed by atoms with van der Waals surface area (Å²) in [5.41, 5.74) is 1.21. The molecule has 2 nitrogen and oxygen atoms in total. The predicted molar refractivity (Wildman–Crippen MR) is 57.6 cm³/mol. The van der Waals surface area contributed by atoms with Gasteiger partial charge >= 0.3 is 0 Å². The van der Waals surface area contributed by atoms with Crippen LogP contribution in [0.5, 0.6) is 0 Å². The van der Waals surface area contributed by atoms with Crippen LogP contribution in [0.1, 0.15) is 18.4 Å². The Morgan fingerprint density at radius 2 is 2.19 bits per heavy atom. The van der Waals surface area contributed by atoms with Crippen molar-refractivity contribution in [3.63, 3.8) is 0 Å². The highest BCUT2D eigenvalue weighted by molar-refractivity contribution is 5.52. The highest BCUT2D eigenvalue weighted by atomic mass is 19.3. The van der Waals surface area contributed by atoms with Gasteiger partial charge in [0, 0.05) is 18.7 Å². The third kappa shape index (κ3) is 2.30. The molecule has 1 saturated heterocycles. The molecule has 1 aliphatic heterocycles. The van der Waals surface area contributed by atoms with E-state index in [-0.39, 0.29) is 13.0 Å². The van der Waals surface area contributed by atoms with E-state index in [0.29, 0.717) is 24.2 Å². The highest BCUT2D eigenvalue weighted by Crippen LogP contribution is 2.30. The molecule has 0 saturated carbocycles. The average Bonchev–Trinajstić information content (AvgIpc) is 2.28. The van der Waals surface area contributed by atoms with Crippen LogP contribution < -0.4 is 4.90 Å². The molecular formula is C12H12F2N2. The molecule has 0 bridgehead atoms. The lowest BCUT2D eigenvalue weighted by Gasteiger charge is -2.34. The quantitative estimate of drug-likeness (QED) is 0.730. The standard InChI is InChI=1S/C12H12F2N2/c13-12(14)5-2-6-16(9-12)11-4-1-3-10(7-11)8-15/h1,3-4,7H,2,5-6,9H2. The largest absolute Gasteiger partial charge is 0.365 e. The van der Waals surface area contributed by atoms with Gasteiger partial charge in [-0.25, -0.2) is 8.78 Å². The molecule has 4 heteroatoms. The van der Waals surface area contributed by atoms with Crippen molar-refractivity contribution in [2.75, 3.05) is 18.0 Å². The molecule has 16 heavy (non-hydrogen) atoms. The fourth-order valence-electron chi connectivity index (χ4n) is 1.96. The summed E-state index contributed by atoms with van der Waals surface area (Å²) in [6, 6.07) is 8.83. The zero-order valence-corrected chi connectivity index (χ0v) is 8.79. The van der Waals surface area contributed by atoms with E-state index in [0.717, 1.165) is 0 Å². The predicted octanol–water partition coefficient (Wildman–Crippen LogP) is 2.79. The van der Waals surface area contributed by atoms with Crippen LogP contribution in [0.25, 0.3) is 0 Å². The van der Waals surface area contributed by atoms with E-state index >= 15 is 0 Å². The summed E-state index contributed by atoms with van der Waals surface area (Å²) in [6.07, 6.45) is 0.450. The number of piperidine rings is 1. The number of hydrogen-bond acceptors (Lipinski definition) is 2. The maximum atomic E-state index is 13.2. The first-order valence-electron chi connectivity index (χ1n) is 5.24. The monoisotopic (exact) mass is 222 g/mol. The van der Waals surface area contributed by atoms with Gasteiger partial charge in [-0.15, -0.1) is 0 Å². The molecule has 0 spiro atoms. The van der Waals surface area contributed by atoms with Gasteiger partial charge in [-0.1, -0.05) is 6.07 Å². The van der Waals surface area contributed by atoms with E-state index in [1.54, 1.807) is 29.2 Å². The minimum absolute atomic E-state index is 0.0402. The van der Waals surface area contributed by atoms with Crippen molar-refractivity contribution < 1.29 is 8.78 Å². The summed E-state index contributed by atoms with van der Waals surface area (Å²) in [7, 11) is 0. The average molecular weight is 222 g/mol. The van der Waals surface area contributed by atoms with E-state index < -0.39 is 5.92 Å². The maximum Gasteiger partial charge on any atom is 0.265 e. The zero-order valence-electron chi connectivity index (χ0n) is 8.79. The van der Waals surface area contributed by atoms with Gasteiger partial charge in [-0.05, 0) is 24.6 Å². The minimum atomic E-state index is -2.61. The van der Waals surface area contributed by atoms with Gasteiger partial charge in [-0.2, -0.15) is 5.26 Å². The first-order chi connectivity index (χ1) is 7.61. The Bertz CT molecular complexity index is 423. The smallest absolute Gasteiger partial charge is 0.265 e. The first kappa shape index (κ1) is 10.9. The first-order valence-corrected chi connectivity index (χ1v) is 5.24. The van der Waals surface area contributed by atoms with Gasteiger partial charge in [0.15, 0.2) is 0 Å². The van der Waals surface area contributed by atoms with Crippen LogP contribution in [-0.2, 0) is 0 Å². The van der Waals surface area contributed by atoms with Crippen molar-refractivity contribution in [3.05, 3.63) is 29.8 Å². The van der Waals surface area contributed by atoms with E-state index in [1.165, 1.54) is 0 Å². The third-order valence-electron chi connectivity index (χ3n) is 2.73. The number of alkyl halides is 2. The summed E-state index contributed by atoms with van der Waals surface area (Å²) in [4.78, 5) is 1.64. The van der Waals surface area contributed by atoms with Crippen LogP contribution in [0.3, 0.4) is 0 Å². The molecule has 1 fully saturated rings. The molecule has 0 amide bonds. The topological polar surface area (TPSA) is 27.0 Å². The van der Waals surface area contributed by atoms with Crippen LogP contribution >= 0.6 is 0 Å². The Morgan fingerprint density at radius 1 is 1.38 bits per heavy atom. The highest BCUT2D eigenvalue weighted by Gasteiger charge is 2.35. The number of anilines is 1. The Balaban J connectivity index is 2.21. The van der Waals surface area contributed by atoms with E-state index in [2.05, 4.69) is 0 Å². The van der Waals surface area contributed by atoms with Crippen LogP contribution in [0.2, 0.25) is 0 Å². The number of nitriles is 1. The summed E-state index contributed by atoms with van der Waals surface area (Å²) in [6.45, 7) is 0.381. The molecule has 0 radical (unpaired) electrons. The Kier molecular flexibility index (Phi) is 2.78. The van der Waals surface area contributed by atoms with Crippen molar-refractivity contribution in [2.24, 2.45) is 0 Å². The molecule has 1 aliphatic rings. The second-order valence-corrected chi connectivity index (χ2v) is 4.04. The summed E-state index contributed by atoms with van der Waals surface area (Å²) >= 11 is 0.